The maximum atomic E-state index is 3.36. The van der Waals surface area contributed by atoms with Crippen LogP contribution in [0.3, 0.4) is 0 Å². The third-order valence-corrected chi connectivity index (χ3v) is 5.71. The molecule has 0 aliphatic heterocycles. The molecule has 0 bridgehead atoms. The van der Waals surface area contributed by atoms with Gasteiger partial charge in [0, 0.05) is 0 Å². The van der Waals surface area contributed by atoms with E-state index in [0.717, 1.165) is 0 Å². The van der Waals surface area contributed by atoms with Crippen molar-refractivity contribution < 1.29 is 23.3 Å². The molecule has 158 valence electrons. The standard InChI is InChI=1S/C17H15.C9H13.2CH3.Si.Zr/c1-12-10-15-8-9-16(17(15)11-13(12)2)14-6-4-3-5-7-14;1-6-5-7(2)9(4)8(6)3;;;;/h3-11H,1-2H3;6H,1-4H3;2*1H3;;/q4*-1;;. The molecule has 3 aromatic carbocycles. The van der Waals surface area contributed by atoms with Gasteiger partial charge in [-0.25, -0.2) is 5.57 Å². The first kappa shape index (κ1) is 28.6. The molecule has 0 saturated heterocycles. The SMILES string of the molecule is CC1=[C-]C(C)C(C)=C1C.Cc1cc2[cH-]cc(-c3ccccc3)c2cc1C.[CH3-].[CH3-].[Si]=[Zr]. The molecule has 1 unspecified atom stereocenters. The summed E-state index contributed by atoms with van der Waals surface area (Å²) >= 11 is 1.36. The summed E-state index contributed by atoms with van der Waals surface area (Å²) in [5, 5.41) is 2.70. The molecule has 0 aromatic heterocycles. The van der Waals surface area contributed by atoms with Crippen molar-refractivity contribution in [3.05, 3.63) is 103 Å². The van der Waals surface area contributed by atoms with E-state index in [1.54, 1.807) is 0 Å². The van der Waals surface area contributed by atoms with E-state index in [2.05, 4.69) is 109 Å². The first-order chi connectivity index (χ1) is 13.4. The van der Waals surface area contributed by atoms with Crippen LogP contribution >= 0.6 is 0 Å². The van der Waals surface area contributed by atoms with Gasteiger partial charge in [-0.15, -0.1) is 47.5 Å². The molecular formula is C28H34SiZr-4. The minimum atomic E-state index is 0. The van der Waals surface area contributed by atoms with Crippen LogP contribution in [0.4, 0.5) is 0 Å². The molecule has 0 fully saturated rings. The van der Waals surface area contributed by atoms with Crippen molar-refractivity contribution in [3.8, 4) is 11.1 Å². The Morgan fingerprint density at radius 1 is 0.900 bits per heavy atom. The van der Waals surface area contributed by atoms with Crippen LogP contribution in [0.2, 0.25) is 0 Å². The summed E-state index contributed by atoms with van der Waals surface area (Å²) in [5.74, 6) is 0.560. The van der Waals surface area contributed by atoms with Crippen LogP contribution in [0.15, 0.2) is 71.3 Å². The van der Waals surface area contributed by atoms with Crippen molar-refractivity contribution in [2.75, 3.05) is 0 Å². The Morgan fingerprint density at radius 3 is 1.93 bits per heavy atom. The van der Waals surface area contributed by atoms with Crippen molar-refractivity contribution in [1.82, 2.24) is 0 Å². The molecule has 1 atom stereocenters. The first-order valence-corrected chi connectivity index (χ1v) is 13.8. The van der Waals surface area contributed by atoms with Gasteiger partial charge < -0.3 is 14.9 Å². The third-order valence-electron chi connectivity index (χ3n) is 5.71. The van der Waals surface area contributed by atoms with Crippen LogP contribution in [0.25, 0.3) is 21.9 Å². The van der Waals surface area contributed by atoms with Crippen molar-refractivity contribution >= 4 is 17.7 Å². The fraction of sp³-hybridized carbons (Fsp3) is 0.250. The number of fused-ring (bicyclic) bond motifs is 1. The van der Waals surface area contributed by atoms with E-state index in [1.165, 1.54) is 73.1 Å². The van der Waals surface area contributed by atoms with Crippen LogP contribution < -0.4 is 0 Å². The third kappa shape index (κ3) is 6.56. The molecule has 0 N–H and O–H groups in total. The van der Waals surface area contributed by atoms with Gasteiger partial charge in [0.05, 0.1) is 0 Å². The quantitative estimate of drug-likeness (QED) is 0.239. The fourth-order valence-electron chi connectivity index (χ4n) is 3.50. The zero-order valence-electron chi connectivity index (χ0n) is 19.8. The van der Waals surface area contributed by atoms with Crippen molar-refractivity contribution in [1.29, 1.82) is 0 Å². The second-order valence-electron chi connectivity index (χ2n) is 7.44. The average Bonchev–Trinajstić information content (AvgIpc) is 3.21. The molecule has 1 aliphatic rings. The number of allylic oxidation sites excluding steroid dienone is 4. The zero-order chi connectivity index (χ0) is 20.8. The van der Waals surface area contributed by atoms with E-state index >= 15 is 0 Å². The van der Waals surface area contributed by atoms with Gasteiger partial charge >= 0.3 is 30.2 Å². The van der Waals surface area contributed by atoms with Gasteiger partial charge in [-0.2, -0.15) is 11.1 Å². The van der Waals surface area contributed by atoms with Crippen LogP contribution in [0.5, 0.6) is 0 Å². The van der Waals surface area contributed by atoms with Gasteiger partial charge in [0.25, 0.3) is 0 Å². The van der Waals surface area contributed by atoms with E-state index in [1.807, 2.05) is 0 Å². The molecule has 3 aromatic rings. The van der Waals surface area contributed by atoms with Crippen molar-refractivity contribution in [2.24, 2.45) is 5.92 Å². The van der Waals surface area contributed by atoms with Crippen LogP contribution in [0, 0.1) is 40.7 Å². The van der Waals surface area contributed by atoms with Gasteiger partial charge in [0.1, 0.15) is 0 Å². The van der Waals surface area contributed by atoms with Gasteiger partial charge in [0.15, 0.2) is 0 Å². The molecule has 2 heteroatoms. The molecule has 4 rings (SSSR count). The Labute approximate surface area is 202 Å². The predicted octanol–water partition coefficient (Wildman–Crippen LogP) is 8.08. The zero-order valence-corrected chi connectivity index (χ0v) is 23.2. The average molecular weight is 490 g/mol. The number of benzene rings is 2. The second-order valence-corrected chi connectivity index (χ2v) is 7.44. The van der Waals surface area contributed by atoms with Crippen molar-refractivity contribution in [3.63, 3.8) is 0 Å². The molecule has 0 saturated carbocycles. The van der Waals surface area contributed by atoms with E-state index in [9.17, 15) is 0 Å². The Hall–Kier alpha value is -1.37. The summed E-state index contributed by atoms with van der Waals surface area (Å²) in [6, 6.07) is 19.6. The van der Waals surface area contributed by atoms with E-state index in [-0.39, 0.29) is 14.9 Å². The molecule has 2 radical (unpaired) electrons. The van der Waals surface area contributed by atoms with Gasteiger partial charge in [-0.05, 0) is 13.8 Å². The predicted molar refractivity (Wildman–Crippen MR) is 133 cm³/mol. The monoisotopic (exact) mass is 488 g/mol. The minimum absolute atomic E-state index is 0. The summed E-state index contributed by atoms with van der Waals surface area (Å²) in [7, 11) is 0. The Kier molecular flexibility index (Phi) is 12.5. The summed E-state index contributed by atoms with van der Waals surface area (Å²) < 4.78 is 0. The van der Waals surface area contributed by atoms with E-state index < -0.39 is 0 Å². The van der Waals surface area contributed by atoms with Gasteiger partial charge in [0.2, 0.25) is 0 Å². The first-order valence-electron chi connectivity index (χ1n) is 9.63. The topological polar surface area (TPSA) is 0 Å². The molecule has 30 heavy (non-hydrogen) atoms. The molecule has 0 spiro atoms. The normalized spacial score (nSPS) is 14.4. The Bertz CT molecular complexity index is 1010. The number of aryl methyl sites for hydroxylation is 2. The van der Waals surface area contributed by atoms with Crippen LogP contribution in [-0.4, -0.2) is 6.88 Å². The summed E-state index contributed by atoms with van der Waals surface area (Å²) in [4.78, 5) is 0. The number of hydrogen-bond acceptors (Lipinski definition) is 0. The Balaban J connectivity index is 0.000000558. The number of hydrogen-bond donors (Lipinski definition) is 0. The fourth-order valence-corrected chi connectivity index (χ4v) is 3.50. The summed E-state index contributed by atoms with van der Waals surface area (Å²) in [6.45, 7) is 16.1. The molecule has 0 amide bonds. The molecule has 0 nitrogen and oxygen atoms in total. The van der Waals surface area contributed by atoms with Crippen LogP contribution in [0.1, 0.15) is 38.8 Å². The van der Waals surface area contributed by atoms with Gasteiger partial charge in [-0.1, -0.05) is 73.7 Å². The summed E-state index contributed by atoms with van der Waals surface area (Å²) in [5.41, 5.74) is 9.60. The van der Waals surface area contributed by atoms with E-state index in [0.29, 0.717) is 5.92 Å². The molecule has 1 aliphatic carbocycles. The second kappa shape index (κ2) is 13.1. The number of rotatable bonds is 1. The Morgan fingerprint density at radius 2 is 1.47 bits per heavy atom. The molecular weight excluding hydrogens is 456 g/mol. The van der Waals surface area contributed by atoms with E-state index in [4.69, 9.17) is 0 Å². The maximum absolute atomic E-state index is 3.36. The van der Waals surface area contributed by atoms with Crippen LogP contribution in [-0.2, 0) is 23.3 Å². The molecule has 0 heterocycles. The summed E-state index contributed by atoms with van der Waals surface area (Å²) in [6.07, 6.45) is 3.36. The van der Waals surface area contributed by atoms with Crippen molar-refractivity contribution in [2.45, 2.75) is 41.5 Å². The van der Waals surface area contributed by atoms with Gasteiger partial charge in [-0.3, -0.25) is 6.08 Å².